The van der Waals surface area contributed by atoms with Crippen molar-refractivity contribution in [2.75, 3.05) is 7.05 Å². The standard InChI is InChI=1S/C13H12N2O3/c1-14-11(16)6-10(13(14)18)15-7-8-4-2-3-5-9(8)12(15)17/h2-5,10H,6-7H2,1H3. The first-order chi connectivity index (χ1) is 8.59. The number of rotatable bonds is 1. The Morgan fingerprint density at radius 3 is 2.50 bits per heavy atom. The van der Waals surface area contributed by atoms with E-state index in [0.717, 1.165) is 10.5 Å². The highest BCUT2D eigenvalue weighted by Crippen LogP contribution is 2.28. The first-order valence-electron chi connectivity index (χ1n) is 5.79. The zero-order chi connectivity index (χ0) is 12.9. The van der Waals surface area contributed by atoms with Crippen LogP contribution in [-0.4, -0.2) is 40.6 Å². The number of imide groups is 1. The van der Waals surface area contributed by atoms with E-state index in [1.165, 1.54) is 11.9 Å². The van der Waals surface area contributed by atoms with Crippen molar-refractivity contribution >= 4 is 17.7 Å². The minimum Gasteiger partial charge on any atom is -0.322 e. The van der Waals surface area contributed by atoms with Gasteiger partial charge in [-0.2, -0.15) is 0 Å². The molecule has 2 aliphatic rings. The molecule has 1 fully saturated rings. The predicted molar refractivity (Wildman–Crippen MR) is 62.5 cm³/mol. The number of benzene rings is 1. The maximum absolute atomic E-state index is 12.2. The Morgan fingerprint density at radius 1 is 1.17 bits per heavy atom. The lowest BCUT2D eigenvalue weighted by molar-refractivity contribution is -0.137. The second-order valence-electron chi connectivity index (χ2n) is 4.60. The quantitative estimate of drug-likeness (QED) is 0.672. The number of likely N-dealkylation sites (N-methyl/N-ethyl adjacent to an activating group) is 1. The third-order valence-corrected chi connectivity index (χ3v) is 3.58. The van der Waals surface area contributed by atoms with Crippen LogP contribution >= 0.6 is 0 Å². The summed E-state index contributed by atoms with van der Waals surface area (Å²) >= 11 is 0. The van der Waals surface area contributed by atoms with Crippen LogP contribution in [0.3, 0.4) is 0 Å². The number of fused-ring (bicyclic) bond motifs is 1. The number of carbonyl (C=O) groups is 3. The van der Waals surface area contributed by atoms with Gasteiger partial charge in [-0.05, 0) is 11.6 Å². The molecule has 0 aliphatic carbocycles. The minimum absolute atomic E-state index is 0.0923. The molecular formula is C13H12N2O3. The molecule has 1 atom stereocenters. The highest BCUT2D eigenvalue weighted by atomic mass is 16.2. The van der Waals surface area contributed by atoms with Crippen LogP contribution in [0.4, 0.5) is 0 Å². The van der Waals surface area contributed by atoms with Gasteiger partial charge in [-0.25, -0.2) is 0 Å². The summed E-state index contributed by atoms with van der Waals surface area (Å²) in [6, 6.07) is 6.65. The van der Waals surface area contributed by atoms with Crippen LogP contribution < -0.4 is 0 Å². The lowest BCUT2D eigenvalue weighted by atomic mass is 10.1. The smallest absolute Gasteiger partial charge is 0.255 e. The maximum atomic E-state index is 12.2. The van der Waals surface area contributed by atoms with Gasteiger partial charge in [0.1, 0.15) is 6.04 Å². The highest BCUT2D eigenvalue weighted by molar-refractivity contribution is 6.09. The fourth-order valence-corrected chi connectivity index (χ4v) is 2.51. The molecule has 0 bridgehead atoms. The number of likely N-dealkylation sites (tertiary alicyclic amines) is 1. The number of hydrogen-bond donors (Lipinski definition) is 0. The molecule has 5 nitrogen and oxygen atoms in total. The maximum Gasteiger partial charge on any atom is 0.255 e. The number of carbonyl (C=O) groups excluding carboxylic acids is 3. The number of hydrogen-bond acceptors (Lipinski definition) is 3. The van der Waals surface area contributed by atoms with Crippen LogP contribution in [0.15, 0.2) is 24.3 Å². The molecule has 92 valence electrons. The SMILES string of the molecule is CN1C(=O)CC(N2Cc3ccccc3C2=O)C1=O. The molecule has 0 N–H and O–H groups in total. The lowest BCUT2D eigenvalue weighted by Crippen LogP contribution is -2.41. The molecular weight excluding hydrogens is 232 g/mol. The molecule has 0 spiro atoms. The minimum atomic E-state index is -0.637. The van der Waals surface area contributed by atoms with Crippen LogP contribution in [-0.2, 0) is 16.1 Å². The van der Waals surface area contributed by atoms with Gasteiger partial charge in [0.15, 0.2) is 0 Å². The Bertz CT molecular complexity index is 567. The van der Waals surface area contributed by atoms with Crippen molar-refractivity contribution in [3.63, 3.8) is 0 Å². The Labute approximate surface area is 104 Å². The third kappa shape index (κ3) is 1.37. The van der Waals surface area contributed by atoms with Gasteiger partial charge in [0, 0.05) is 19.2 Å². The van der Waals surface area contributed by atoms with Crippen LogP contribution in [0.1, 0.15) is 22.3 Å². The van der Waals surface area contributed by atoms with E-state index in [4.69, 9.17) is 0 Å². The van der Waals surface area contributed by atoms with E-state index in [-0.39, 0.29) is 24.1 Å². The van der Waals surface area contributed by atoms with Gasteiger partial charge >= 0.3 is 0 Å². The van der Waals surface area contributed by atoms with Crippen molar-refractivity contribution in [3.8, 4) is 0 Å². The molecule has 0 saturated carbocycles. The van der Waals surface area contributed by atoms with E-state index in [2.05, 4.69) is 0 Å². The summed E-state index contributed by atoms with van der Waals surface area (Å²) in [7, 11) is 1.46. The summed E-state index contributed by atoms with van der Waals surface area (Å²) in [6.45, 7) is 0.409. The summed E-state index contributed by atoms with van der Waals surface area (Å²) in [5, 5.41) is 0. The van der Waals surface area contributed by atoms with Crippen molar-refractivity contribution < 1.29 is 14.4 Å². The Balaban J connectivity index is 1.92. The van der Waals surface area contributed by atoms with E-state index in [1.807, 2.05) is 12.1 Å². The van der Waals surface area contributed by atoms with E-state index >= 15 is 0 Å². The van der Waals surface area contributed by atoms with E-state index in [0.29, 0.717) is 12.1 Å². The summed E-state index contributed by atoms with van der Waals surface area (Å²) in [6.07, 6.45) is 0.0923. The first-order valence-corrected chi connectivity index (χ1v) is 5.79. The summed E-state index contributed by atoms with van der Waals surface area (Å²) < 4.78 is 0. The fraction of sp³-hybridized carbons (Fsp3) is 0.308. The van der Waals surface area contributed by atoms with Crippen LogP contribution in [0, 0.1) is 0 Å². The fourth-order valence-electron chi connectivity index (χ4n) is 2.51. The van der Waals surface area contributed by atoms with Crippen molar-refractivity contribution in [2.45, 2.75) is 19.0 Å². The van der Waals surface area contributed by atoms with Crippen molar-refractivity contribution in [2.24, 2.45) is 0 Å². The van der Waals surface area contributed by atoms with Gasteiger partial charge in [-0.1, -0.05) is 18.2 Å². The monoisotopic (exact) mass is 244 g/mol. The average molecular weight is 244 g/mol. The normalized spacial score (nSPS) is 22.9. The molecule has 2 aliphatic heterocycles. The molecule has 2 heterocycles. The van der Waals surface area contributed by atoms with Crippen LogP contribution in [0.2, 0.25) is 0 Å². The second kappa shape index (κ2) is 3.66. The van der Waals surface area contributed by atoms with E-state index < -0.39 is 6.04 Å². The van der Waals surface area contributed by atoms with Crippen LogP contribution in [0.25, 0.3) is 0 Å². The zero-order valence-electron chi connectivity index (χ0n) is 9.92. The second-order valence-corrected chi connectivity index (χ2v) is 4.60. The average Bonchev–Trinajstić information content (AvgIpc) is 2.83. The molecule has 1 aromatic carbocycles. The summed E-state index contributed by atoms with van der Waals surface area (Å²) in [4.78, 5) is 38.2. The van der Waals surface area contributed by atoms with Crippen molar-refractivity contribution in [1.82, 2.24) is 9.80 Å². The molecule has 5 heteroatoms. The molecule has 1 unspecified atom stereocenters. The van der Waals surface area contributed by atoms with Gasteiger partial charge < -0.3 is 4.90 Å². The van der Waals surface area contributed by atoms with Crippen LogP contribution in [0.5, 0.6) is 0 Å². The Hall–Kier alpha value is -2.17. The molecule has 0 radical (unpaired) electrons. The topological polar surface area (TPSA) is 57.7 Å². The Kier molecular flexibility index (Phi) is 2.23. The van der Waals surface area contributed by atoms with E-state index in [1.54, 1.807) is 12.1 Å². The van der Waals surface area contributed by atoms with Crippen molar-refractivity contribution in [1.29, 1.82) is 0 Å². The van der Waals surface area contributed by atoms with Gasteiger partial charge in [0.2, 0.25) is 5.91 Å². The number of amides is 3. The van der Waals surface area contributed by atoms with Crippen molar-refractivity contribution in [3.05, 3.63) is 35.4 Å². The third-order valence-electron chi connectivity index (χ3n) is 3.58. The molecule has 3 amide bonds. The van der Waals surface area contributed by atoms with Gasteiger partial charge in [-0.3, -0.25) is 19.3 Å². The van der Waals surface area contributed by atoms with Gasteiger partial charge in [0.05, 0.1) is 6.42 Å². The largest absolute Gasteiger partial charge is 0.322 e. The zero-order valence-corrected chi connectivity index (χ0v) is 9.92. The van der Waals surface area contributed by atoms with E-state index in [9.17, 15) is 14.4 Å². The Morgan fingerprint density at radius 2 is 1.89 bits per heavy atom. The summed E-state index contributed by atoms with van der Waals surface area (Å²) in [5.41, 5.74) is 1.55. The molecule has 0 aromatic heterocycles. The molecule has 18 heavy (non-hydrogen) atoms. The van der Waals surface area contributed by atoms with Gasteiger partial charge in [-0.15, -0.1) is 0 Å². The molecule has 1 aromatic rings. The summed E-state index contributed by atoms with van der Waals surface area (Å²) in [5.74, 6) is -0.679. The molecule has 3 rings (SSSR count). The lowest BCUT2D eigenvalue weighted by Gasteiger charge is -2.21. The molecule has 1 saturated heterocycles. The number of nitrogens with zero attached hydrogens (tertiary/aromatic N) is 2. The first kappa shape index (κ1) is 11.0. The predicted octanol–water partition coefficient (Wildman–Crippen LogP) is 0.400. The highest BCUT2D eigenvalue weighted by Gasteiger charge is 2.44. The van der Waals surface area contributed by atoms with Gasteiger partial charge in [0.25, 0.3) is 11.8 Å².